The van der Waals surface area contributed by atoms with Gasteiger partial charge in [0, 0.05) is 12.6 Å². The number of hydrogen-bond acceptors (Lipinski definition) is 3. The van der Waals surface area contributed by atoms with Crippen LogP contribution in [-0.2, 0) is 6.54 Å². The largest absolute Gasteiger partial charge is 0.573 e. The first-order valence-electron chi connectivity index (χ1n) is 5.74. The maximum atomic E-state index is 12.1. The summed E-state index contributed by atoms with van der Waals surface area (Å²) in [6, 6.07) is 4.33. The van der Waals surface area contributed by atoms with Crippen molar-refractivity contribution >= 4 is 15.9 Å². The number of nitrogens with one attached hydrogen (secondary N) is 1. The van der Waals surface area contributed by atoms with Crippen LogP contribution < -0.4 is 10.1 Å². The standard InChI is InChI=1S/C12H15BrF3NO2/c1-2-9(7-18)17-6-8-3-4-11(10(13)5-8)19-12(14,15)16/h3-5,9,17-18H,2,6-7H2,1H3/t9-/m1/s1. The first-order valence-corrected chi connectivity index (χ1v) is 6.53. The fraction of sp³-hybridized carbons (Fsp3) is 0.500. The second-order valence-electron chi connectivity index (χ2n) is 3.98. The lowest BCUT2D eigenvalue weighted by molar-refractivity contribution is -0.274. The van der Waals surface area contributed by atoms with Gasteiger partial charge in [0.2, 0.25) is 0 Å². The van der Waals surface area contributed by atoms with Crippen molar-refractivity contribution in [2.45, 2.75) is 32.3 Å². The lowest BCUT2D eigenvalue weighted by Crippen LogP contribution is -2.31. The Morgan fingerprint density at radius 2 is 2.11 bits per heavy atom. The third-order valence-electron chi connectivity index (χ3n) is 2.53. The van der Waals surface area contributed by atoms with Gasteiger partial charge in [0.1, 0.15) is 5.75 Å². The highest BCUT2D eigenvalue weighted by molar-refractivity contribution is 9.10. The van der Waals surface area contributed by atoms with Gasteiger partial charge in [-0.2, -0.15) is 0 Å². The molecule has 1 aromatic rings. The van der Waals surface area contributed by atoms with Crippen LogP contribution in [0.3, 0.4) is 0 Å². The normalized spacial score (nSPS) is 13.4. The van der Waals surface area contributed by atoms with E-state index in [-0.39, 0.29) is 22.9 Å². The topological polar surface area (TPSA) is 41.5 Å². The summed E-state index contributed by atoms with van der Waals surface area (Å²) in [7, 11) is 0. The van der Waals surface area contributed by atoms with Gasteiger partial charge in [0.05, 0.1) is 11.1 Å². The highest BCUT2D eigenvalue weighted by Gasteiger charge is 2.31. The van der Waals surface area contributed by atoms with Crippen LogP contribution in [0.1, 0.15) is 18.9 Å². The Morgan fingerprint density at radius 3 is 2.58 bits per heavy atom. The highest BCUT2D eigenvalue weighted by Crippen LogP contribution is 2.31. The van der Waals surface area contributed by atoms with Crippen LogP contribution in [0.15, 0.2) is 22.7 Å². The zero-order valence-electron chi connectivity index (χ0n) is 10.3. The molecule has 0 spiro atoms. The molecule has 0 aliphatic rings. The molecule has 0 heterocycles. The van der Waals surface area contributed by atoms with E-state index in [1.54, 1.807) is 12.1 Å². The van der Waals surface area contributed by atoms with Crippen LogP contribution in [0, 0.1) is 0 Å². The molecule has 0 amide bonds. The molecule has 0 aliphatic carbocycles. The van der Waals surface area contributed by atoms with Gasteiger partial charge >= 0.3 is 6.36 Å². The van der Waals surface area contributed by atoms with Crippen LogP contribution in [0.5, 0.6) is 5.75 Å². The first kappa shape index (κ1) is 16.3. The Balaban J connectivity index is 2.66. The summed E-state index contributed by atoms with van der Waals surface area (Å²) in [5, 5.41) is 12.1. The molecule has 0 saturated heterocycles. The van der Waals surface area contributed by atoms with Crippen LogP contribution in [0.4, 0.5) is 13.2 Å². The van der Waals surface area contributed by atoms with Crippen molar-refractivity contribution in [1.29, 1.82) is 0 Å². The van der Waals surface area contributed by atoms with Gasteiger partial charge in [-0.3, -0.25) is 0 Å². The van der Waals surface area contributed by atoms with Gasteiger partial charge in [0.25, 0.3) is 0 Å². The molecule has 0 aliphatic heterocycles. The van der Waals surface area contributed by atoms with Crippen molar-refractivity contribution in [2.75, 3.05) is 6.61 Å². The lowest BCUT2D eigenvalue weighted by atomic mass is 10.2. The summed E-state index contributed by atoms with van der Waals surface area (Å²) in [6.07, 6.45) is -3.93. The summed E-state index contributed by atoms with van der Waals surface area (Å²) in [4.78, 5) is 0. The SMILES string of the molecule is CC[C@H](CO)NCc1ccc(OC(F)(F)F)c(Br)c1. The number of alkyl halides is 3. The molecule has 1 aromatic carbocycles. The fourth-order valence-electron chi connectivity index (χ4n) is 1.46. The Hall–Kier alpha value is -0.790. The molecule has 0 radical (unpaired) electrons. The van der Waals surface area contributed by atoms with E-state index in [4.69, 9.17) is 5.11 Å². The molecule has 108 valence electrons. The number of ether oxygens (including phenoxy) is 1. The Morgan fingerprint density at radius 1 is 1.42 bits per heavy atom. The van der Waals surface area contributed by atoms with E-state index in [9.17, 15) is 13.2 Å². The maximum absolute atomic E-state index is 12.1. The molecule has 2 N–H and O–H groups in total. The lowest BCUT2D eigenvalue weighted by Gasteiger charge is -2.15. The van der Waals surface area contributed by atoms with E-state index in [0.29, 0.717) is 6.54 Å². The highest BCUT2D eigenvalue weighted by atomic mass is 79.9. The summed E-state index contributed by atoms with van der Waals surface area (Å²) in [5.41, 5.74) is 0.799. The van der Waals surface area contributed by atoms with Crippen molar-refractivity contribution in [3.8, 4) is 5.75 Å². The van der Waals surface area contributed by atoms with Gasteiger partial charge in [-0.25, -0.2) is 0 Å². The predicted molar refractivity (Wildman–Crippen MR) is 68.8 cm³/mol. The van der Waals surface area contributed by atoms with Crippen molar-refractivity contribution < 1.29 is 23.0 Å². The van der Waals surface area contributed by atoms with Crippen molar-refractivity contribution in [1.82, 2.24) is 5.32 Å². The molecule has 0 unspecified atom stereocenters. The smallest absolute Gasteiger partial charge is 0.405 e. The molecule has 1 rings (SSSR count). The number of benzene rings is 1. The zero-order chi connectivity index (χ0) is 14.5. The van der Waals surface area contributed by atoms with Gasteiger partial charge in [-0.15, -0.1) is 13.2 Å². The van der Waals surface area contributed by atoms with Crippen molar-refractivity contribution in [3.05, 3.63) is 28.2 Å². The van der Waals surface area contributed by atoms with E-state index in [0.717, 1.165) is 12.0 Å². The molecule has 19 heavy (non-hydrogen) atoms. The second-order valence-corrected chi connectivity index (χ2v) is 4.84. The number of hydrogen-bond donors (Lipinski definition) is 2. The average Bonchev–Trinajstić information content (AvgIpc) is 2.32. The van der Waals surface area contributed by atoms with Crippen LogP contribution >= 0.6 is 15.9 Å². The zero-order valence-corrected chi connectivity index (χ0v) is 11.9. The van der Waals surface area contributed by atoms with Crippen LogP contribution in [0.2, 0.25) is 0 Å². The third-order valence-corrected chi connectivity index (χ3v) is 3.15. The van der Waals surface area contributed by atoms with Crippen molar-refractivity contribution in [3.63, 3.8) is 0 Å². The summed E-state index contributed by atoms with van der Waals surface area (Å²) in [5.74, 6) is -0.273. The number of rotatable bonds is 6. The third kappa shape index (κ3) is 5.80. The van der Waals surface area contributed by atoms with Crippen molar-refractivity contribution in [2.24, 2.45) is 0 Å². The monoisotopic (exact) mass is 341 g/mol. The molecule has 0 saturated carbocycles. The molecule has 0 bridgehead atoms. The van der Waals surface area contributed by atoms with Gasteiger partial charge in [-0.05, 0) is 40.0 Å². The van der Waals surface area contributed by atoms with Crippen LogP contribution in [-0.4, -0.2) is 24.1 Å². The van der Waals surface area contributed by atoms with Crippen LogP contribution in [0.25, 0.3) is 0 Å². The van der Waals surface area contributed by atoms with E-state index >= 15 is 0 Å². The molecule has 0 aromatic heterocycles. The van der Waals surface area contributed by atoms with Gasteiger partial charge in [-0.1, -0.05) is 13.0 Å². The minimum absolute atomic E-state index is 0.0208. The number of aliphatic hydroxyl groups is 1. The molecule has 7 heteroatoms. The molecular formula is C12H15BrF3NO2. The second kappa shape index (κ2) is 7.12. The van der Waals surface area contributed by atoms with E-state index < -0.39 is 6.36 Å². The maximum Gasteiger partial charge on any atom is 0.573 e. The summed E-state index contributed by atoms with van der Waals surface area (Å²) in [6.45, 7) is 2.42. The Bertz CT molecular complexity index is 408. The molecule has 3 nitrogen and oxygen atoms in total. The summed E-state index contributed by atoms with van der Waals surface area (Å²) >= 11 is 3.04. The minimum Gasteiger partial charge on any atom is -0.405 e. The quantitative estimate of drug-likeness (QED) is 0.834. The fourth-order valence-corrected chi connectivity index (χ4v) is 1.97. The van der Waals surface area contributed by atoms with E-state index in [1.807, 2.05) is 6.92 Å². The molecular weight excluding hydrogens is 327 g/mol. The van der Waals surface area contributed by atoms with E-state index in [1.165, 1.54) is 6.07 Å². The minimum atomic E-state index is -4.70. The van der Waals surface area contributed by atoms with Gasteiger partial charge < -0.3 is 15.2 Å². The van der Waals surface area contributed by atoms with E-state index in [2.05, 4.69) is 26.0 Å². The molecule has 1 atom stereocenters. The number of aliphatic hydroxyl groups excluding tert-OH is 1. The predicted octanol–water partition coefficient (Wildman–Crippen LogP) is 3.21. The first-order chi connectivity index (χ1) is 8.85. The molecule has 0 fully saturated rings. The summed E-state index contributed by atoms with van der Waals surface area (Å²) < 4.78 is 40.3. The Kier molecular flexibility index (Phi) is 6.09. The van der Waals surface area contributed by atoms with Gasteiger partial charge in [0.15, 0.2) is 0 Å². The Labute approximate surface area is 117 Å². The average molecular weight is 342 g/mol. The number of halogens is 4.